The number of likely N-dealkylation sites (tertiary alicyclic amines) is 1. The van der Waals surface area contributed by atoms with E-state index in [1.54, 1.807) is 6.08 Å². The number of carbonyl (C=O) groups excluding carboxylic acids is 1. The first kappa shape index (κ1) is 17.5. The van der Waals surface area contributed by atoms with Crippen LogP contribution in [0.5, 0.6) is 0 Å². The molecule has 1 heterocycles. The smallest absolute Gasteiger partial charge is 0.355 e. The predicted octanol–water partition coefficient (Wildman–Crippen LogP) is 3.07. The van der Waals surface area contributed by atoms with Gasteiger partial charge in [-0.2, -0.15) is 13.2 Å². The van der Waals surface area contributed by atoms with E-state index >= 15 is 0 Å². The summed E-state index contributed by atoms with van der Waals surface area (Å²) < 4.78 is 37.4. The lowest BCUT2D eigenvalue weighted by atomic mass is 10.1. The molecule has 3 rings (SSSR count). The van der Waals surface area contributed by atoms with Crippen LogP contribution < -0.4 is 5.32 Å². The van der Waals surface area contributed by atoms with Gasteiger partial charge in [-0.3, -0.25) is 9.69 Å². The van der Waals surface area contributed by atoms with Gasteiger partial charge < -0.3 is 5.32 Å². The maximum atomic E-state index is 12.5. The number of piperidine rings is 1. The molecule has 1 N–H and O–H groups in total. The fourth-order valence-electron chi connectivity index (χ4n) is 3.13. The molecule has 1 unspecified atom stereocenters. The highest BCUT2D eigenvalue weighted by molar-refractivity contribution is 5.48. The number of halogens is 3. The summed E-state index contributed by atoms with van der Waals surface area (Å²) in [5, 5.41) is 2.80. The summed E-state index contributed by atoms with van der Waals surface area (Å²) in [5.74, 6) is 1.02. The van der Waals surface area contributed by atoms with Crippen molar-refractivity contribution in [2.24, 2.45) is 11.8 Å². The molecule has 2 aliphatic rings. The highest BCUT2D eigenvalue weighted by Crippen LogP contribution is 2.45. The Morgan fingerprint density at radius 3 is 2.22 bits per heavy atom. The summed E-state index contributed by atoms with van der Waals surface area (Å²) in [4.78, 5) is 12.6. The van der Waals surface area contributed by atoms with Crippen molar-refractivity contribution in [2.45, 2.75) is 25.7 Å². The number of nitrogens with zero attached hydrogens (tertiary/aromatic N) is 1. The summed E-state index contributed by atoms with van der Waals surface area (Å²) in [6.07, 6.45) is -1.79. The van der Waals surface area contributed by atoms with Gasteiger partial charge in [-0.15, -0.1) is 6.58 Å². The molecule has 1 aromatic rings. The minimum atomic E-state index is -4.28. The van der Waals surface area contributed by atoms with Gasteiger partial charge in [-0.25, -0.2) is 0 Å². The average Bonchev–Trinajstić information content (AvgIpc) is 2.94. The monoisotopic (exact) mass is 326 g/mol. The second kappa shape index (κ2) is 7.17. The zero-order chi connectivity index (χ0) is 17.0. The van der Waals surface area contributed by atoms with Crippen molar-refractivity contribution in [1.29, 1.82) is 0 Å². The van der Waals surface area contributed by atoms with E-state index in [0.717, 1.165) is 37.2 Å². The van der Waals surface area contributed by atoms with Gasteiger partial charge in [0, 0.05) is 25.7 Å². The molecule has 0 aromatic heterocycles. The largest absolute Gasteiger partial charge is 0.416 e. The van der Waals surface area contributed by atoms with E-state index in [0.29, 0.717) is 24.4 Å². The molecule has 1 amide bonds. The van der Waals surface area contributed by atoms with Gasteiger partial charge in [0.25, 0.3) is 0 Å². The van der Waals surface area contributed by atoms with Gasteiger partial charge in [0.05, 0.1) is 5.56 Å². The summed E-state index contributed by atoms with van der Waals surface area (Å²) in [7, 11) is 0. The Labute approximate surface area is 134 Å². The molecule has 1 aliphatic carbocycles. The molecular formula is C17H21F3N2O. The summed E-state index contributed by atoms with van der Waals surface area (Å²) in [5.41, 5.74) is 0.278. The zero-order valence-corrected chi connectivity index (χ0v) is 13.0. The van der Waals surface area contributed by atoms with E-state index < -0.39 is 11.7 Å². The van der Waals surface area contributed by atoms with Gasteiger partial charge in [0.1, 0.15) is 0 Å². The third-order valence-corrected chi connectivity index (χ3v) is 4.22. The number of rotatable bonds is 4. The van der Waals surface area contributed by atoms with Crippen molar-refractivity contribution >= 4 is 6.41 Å². The Morgan fingerprint density at radius 1 is 1.26 bits per heavy atom. The van der Waals surface area contributed by atoms with E-state index in [1.807, 2.05) is 6.92 Å². The Morgan fingerprint density at radius 2 is 1.78 bits per heavy atom. The maximum Gasteiger partial charge on any atom is 0.416 e. The molecule has 0 radical (unpaired) electrons. The molecule has 1 saturated heterocycles. The van der Waals surface area contributed by atoms with E-state index in [-0.39, 0.29) is 0 Å². The Kier molecular flexibility index (Phi) is 5.46. The van der Waals surface area contributed by atoms with Crippen molar-refractivity contribution in [1.82, 2.24) is 10.2 Å². The highest BCUT2D eigenvalue weighted by Gasteiger charge is 2.55. The maximum absolute atomic E-state index is 12.5. The number of nitrogens with one attached hydrogen (secondary N) is 1. The number of hydrogen-bond acceptors (Lipinski definition) is 2. The van der Waals surface area contributed by atoms with E-state index in [9.17, 15) is 18.0 Å². The van der Waals surface area contributed by atoms with Crippen LogP contribution in [0, 0.1) is 11.8 Å². The Balaban J connectivity index is 0.000000595. The first-order valence-electron chi connectivity index (χ1n) is 7.56. The van der Waals surface area contributed by atoms with E-state index in [1.165, 1.54) is 12.1 Å². The van der Waals surface area contributed by atoms with Crippen LogP contribution in [0.15, 0.2) is 36.9 Å². The molecule has 0 bridgehead atoms. The Hall–Kier alpha value is -1.82. The molecule has 1 saturated carbocycles. The molecule has 126 valence electrons. The van der Waals surface area contributed by atoms with Crippen LogP contribution in [0.25, 0.3) is 0 Å². The lowest BCUT2D eigenvalue weighted by molar-refractivity contribution is -0.137. The Bertz CT molecular complexity index is 530. The van der Waals surface area contributed by atoms with Crippen LogP contribution in [0.1, 0.15) is 18.1 Å². The van der Waals surface area contributed by atoms with Crippen molar-refractivity contribution in [3.05, 3.63) is 48.0 Å². The highest BCUT2D eigenvalue weighted by atomic mass is 19.4. The van der Waals surface area contributed by atoms with Crippen molar-refractivity contribution in [3.8, 4) is 0 Å². The first-order valence-corrected chi connectivity index (χ1v) is 7.56. The van der Waals surface area contributed by atoms with Crippen LogP contribution in [0.4, 0.5) is 13.2 Å². The van der Waals surface area contributed by atoms with Gasteiger partial charge in [0.15, 0.2) is 0 Å². The molecule has 2 fully saturated rings. The summed E-state index contributed by atoms with van der Waals surface area (Å²) in [6, 6.07) is 5.63. The van der Waals surface area contributed by atoms with Crippen LogP contribution in [0.2, 0.25) is 0 Å². The second-order valence-corrected chi connectivity index (χ2v) is 5.94. The molecule has 1 aromatic carbocycles. The fourth-order valence-corrected chi connectivity index (χ4v) is 3.13. The molecule has 23 heavy (non-hydrogen) atoms. The predicted molar refractivity (Wildman–Crippen MR) is 82.6 cm³/mol. The summed E-state index contributed by atoms with van der Waals surface area (Å²) >= 11 is 0. The SMILES string of the molecule is C=CC.O=CNC1[C@H]2CN(Cc3ccc(C(F)(F)F)cc3)C[C@@H]12. The molecule has 1 aliphatic heterocycles. The quantitative estimate of drug-likeness (QED) is 0.681. The van der Waals surface area contributed by atoms with Crippen LogP contribution in [-0.2, 0) is 17.5 Å². The average molecular weight is 326 g/mol. The fraction of sp³-hybridized carbons (Fsp3) is 0.471. The molecule has 3 atom stereocenters. The van der Waals surface area contributed by atoms with Crippen LogP contribution in [-0.4, -0.2) is 30.4 Å². The number of amides is 1. The summed E-state index contributed by atoms with van der Waals surface area (Å²) in [6.45, 7) is 7.72. The number of allylic oxidation sites excluding steroid dienone is 1. The number of hydrogen-bond donors (Lipinski definition) is 1. The zero-order valence-electron chi connectivity index (χ0n) is 13.0. The second-order valence-electron chi connectivity index (χ2n) is 5.94. The number of carbonyl (C=O) groups is 1. The topological polar surface area (TPSA) is 32.3 Å². The van der Waals surface area contributed by atoms with Gasteiger partial charge in [0.2, 0.25) is 6.41 Å². The number of alkyl halides is 3. The van der Waals surface area contributed by atoms with Crippen molar-refractivity contribution < 1.29 is 18.0 Å². The molecular weight excluding hydrogens is 305 g/mol. The van der Waals surface area contributed by atoms with Gasteiger partial charge in [-0.1, -0.05) is 18.2 Å². The van der Waals surface area contributed by atoms with Crippen LogP contribution >= 0.6 is 0 Å². The van der Waals surface area contributed by atoms with Crippen molar-refractivity contribution in [2.75, 3.05) is 13.1 Å². The lowest BCUT2D eigenvalue weighted by Gasteiger charge is -2.19. The van der Waals surface area contributed by atoms with Crippen LogP contribution in [0.3, 0.4) is 0 Å². The lowest BCUT2D eigenvalue weighted by Crippen LogP contribution is -2.30. The minimum absolute atomic E-state index is 0.302. The molecule has 6 heteroatoms. The number of benzene rings is 1. The normalized spacial score (nSPS) is 25.8. The van der Waals surface area contributed by atoms with E-state index in [2.05, 4.69) is 16.8 Å². The molecule has 3 nitrogen and oxygen atoms in total. The van der Waals surface area contributed by atoms with Gasteiger partial charge in [-0.05, 0) is 36.5 Å². The third-order valence-electron chi connectivity index (χ3n) is 4.22. The van der Waals surface area contributed by atoms with Crippen molar-refractivity contribution in [3.63, 3.8) is 0 Å². The third kappa shape index (κ3) is 4.34. The number of fused-ring (bicyclic) bond motifs is 1. The minimum Gasteiger partial charge on any atom is -0.355 e. The first-order chi connectivity index (χ1) is 10.9. The van der Waals surface area contributed by atoms with Gasteiger partial charge >= 0.3 is 6.18 Å². The molecule has 0 spiro atoms. The standard InChI is InChI=1S/C14H15F3N2O.C3H6/c15-14(16,17)10-3-1-9(2-4-10)5-19-6-11-12(7-19)13(11)18-8-20;1-3-2/h1-4,8,11-13H,5-7H2,(H,18,20);3H,1H2,2H3/t11-,12+,13?;. The van der Waals surface area contributed by atoms with E-state index in [4.69, 9.17) is 0 Å².